The predicted octanol–water partition coefficient (Wildman–Crippen LogP) is -0.240. The third-order valence-electron chi connectivity index (χ3n) is 1.98. The Morgan fingerprint density at radius 3 is 2.84 bits per heavy atom. The van der Waals surface area contributed by atoms with Gasteiger partial charge in [0.15, 0.2) is 5.82 Å². The molecule has 1 heterocycles. The summed E-state index contributed by atoms with van der Waals surface area (Å²) in [6.07, 6.45) is 1.34. The summed E-state index contributed by atoms with van der Waals surface area (Å²) in [6.45, 7) is 4.41. The van der Waals surface area contributed by atoms with E-state index in [0.717, 1.165) is 0 Å². The maximum absolute atomic E-state index is 10.5. The summed E-state index contributed by atoms with van der Waals surface area (Å²) in [6, 6.07) is 0. The first-order valence-corrected chi connectivity index (χ1v) is 5.87. The van der Waals surface area contributed by atoms with Crippen molar-refractivity contribution in [1.82, 2.24) is 9.97 Å². The molecule has 0 saturated heterocycles. The molecular weight excluding hydrogens is 250 g/mol. The number of nitrogens with zero attached hydrogens (tertiary/aromatic N) is 2. The minimum Gasteiger partial charge on any atom is -0.473 e. The summed E-state index contributed by atoms with van der Waals surface area (Å²) in [7, 11) is 0. The molecule has 0 aliphatic rings. The van der Waals surface area contributed by atoms with E-state index in [9.17, 15) is 4.79 Å². The molecule has 0 radical (unpaired) electrons. The molecule has 1 aromatic heterocycles. The van der Waals surface area contributed by atoms with Gasteiger partial charge in [-0.3, -0.25) is 4.79 Å². The third-order valence-corrected chi connectivity index (χ3v) is 1.98. The van der Waals surface area contributed by atoms with E-state index in [2.05, 4.69) is 15.3 Å². The van der Waals surface area contributed by atoms with E-state index in [1.54, 1.807) is 0 Å². The molecule has 0 aromatic carbocycles. The largest absolute Gasteiger partial charge is 0.473 e. The van der Waals surface area contributed by atoms with Crippen LogP contribution in [0.15, 0.2) is 6.33 Å². The van der Waals surface area contributed by atoms with Crippen LogP contribution in [0.3, 0.4) is 0 Å². The van der Waals surface area contributed by atoms with Gasteiger partial charge in [0.1, 0.15) is 18.6 Å². The highest BCUT2D eigenvalue weighted by molar-refractivity contribution is 5.75. The summed E-state index contributed by atoms with van der Waals surface area (Å²) in [5, 5.41) is 2.97. The number of primary amides is 1. The molecule has 1 rings (SSSR count). The maximum atomic E-state index is 10.5. The molecule has 0 atom stereocenters. The van der Waals surface area contributed by atoms with Gasteiger partial charge in [0.2, 0.25) is 11.8 Å². The fraction of sp³-hybridized carbons (Fsp3) is 0.545. The van der Waals surface area contributed by atoms with Crippen molar-refractivity contribution in [2.75, 3.05) is 30.8 Å². The maximum Gasteiger partial charge on any atom is 0.243 e. The van der Waals surface area contributed by atoms with Gasteiger partial charge in [-0.05, 0) is 13.8 Å². The minimum absolute atomic E-state index is 0.0241. The Morgan fingerprint density at radius 1 is 1.47 bits per heavy atom. The standard InChI is InChI=1S/C11H19N5O3/c1-7(2)19-11-9(13)10(15-6-16-11)14-3-4-18-5-8(12)17/h6-7H,3-5,13H2,1-2H3,(H2,12,17)(H,14,15,16). The zero-order valence-corrected chi connectivity index (χ0v) is 11.0. The van der Waals surface area contributed by atoms with Crippen LogP contribution in [0.5, 0.6) is 5.88 Å². The van der Waals surface area contributed by atoms with Crippen LogP contribution in [0.25, 0.3) is 0 Å². The van der Waals surface area contributed by atoms with Crippen LogP contribution in [0, 0.1) is 0 Å². The normalized spacial score (nSPS) is 10.5. The molecule has 5 N–H and O–H groups in total. The summed E-state index contributed by atoms with van der Waals surface area (Å²) in [5.41, 5.74) is 11.1. The van der Waals surface area contributed by atoms with Crippen molar-refractivity contribution < 1.29 is 14.3 Å². The van der Waals surface area contributed by atoms with E-state index in [1.165, 1.54) is 6.33 Å². The second-order valence-electron chi connectivity index (χ2n) is 4.05. The second kappa shape index (κ2) is 7.37. The number of amides is 1. The van der Waals surface area contributed by atoms with Gasteiger partial charge in [0.05, 0.1) is 12.7 Å². The lowest BCUT2D eigenvalue weighted by molar-refractivity contribution is -0.122. The number of anilines is 2. The van der Waals surface area contributed by atoms with Gasteiger partial charge in [-0.2, -0.15) is 4.98 Å². The highest BCUT2D eigenvalue weighted by atomic mass is 16.5. The van der Waals surface area contributed by atoms with Crippen molar-refractivity contribution in [3.05, 3.63) is 6.33 Å². The van der Waals surface area contributed by atoms with Crippen molar-refractivity contribution in [3.63, 3.8) is 0 Å². The quantitative estimate of drug-likeness (QED) is 0.556. The first-order chi connectivity index (χ1) is 9.00. The Bertz CT molecular complexity index is 425. The van der Waals surface area contributed by atoms with Gasteiger partial charge >= 0.3 is 0 Å². The highest BCUT2D eigenvalue weighted by Crippen LogP contribution is 2.24. The number of hydrogen-bond donors (Lipinski definition) is 3. The lowest BCUT2D eigenvalue weighted by Gasteiger charge is -2.13. The lowest BCUT2D eigenvalue weighted by atomic mass is 10.4. The summed E-state index contributed by atoms with van der Waals surface area (Å²) in [5.74, 6) is 0.299. The molecule has 0 aliphatic heterocycles. The Morgan fingerprint density at radius 2 is 2.21 bits per heavy atom. The van der Waals surface area contributed by atoms with Crippen molar-refractivity contribution >= 4 is 17.4 Å². The number of rotatable bonds is 8. The van der Waals surface area contributed by atoms with Crippen LogP contribution < -0.4 is 21.5 Å². The number of carbonyl (C=O) groups excluding carboxylic acids is 1. The SMILES string of the molecule is CC(C)Oc1ncnc(NCCOCC(N)=O)c1N. The van der Waals surface area contributed by atoms with Gasteiger partial charge in [0.25, 0.3) is 0 Å². The van der Waals surface area contributed by atoms with Crippen LogP contribution in [0.4, 0.5) is 11.5 Å². The monoisotopic (exact) mass is 269 g/mol. The molecule has 0 unspecified atom stereocenters. The molecule has 0 spiro atoms. The molecule has 106 valence electrons. The molecule has 8 heteroatoms. The average molecular weight is 269 g/mol. The molecule has 1 amide bonds. The number of nitrogen functional groups attached to an aromatic ring is 1. The van der Waals surface area contributed by atoms with E-state index >= 15 is 0 Å². The fourth-order valence-corrected chi connectivity index (χ4v) is 1.25. The van der Waals surface area contributed by atoms with Gasteiger partial charge in [-0.15, -0.1) is 0 Å². The molecule has 0 saturated carbocycles. The van der Waals surface area contributed by atoms with Crippen molar-refractivity contribution in [2.45, 2.75) is 20.0 Å². The Hall–Kier alpha value is -2.09. The number of carbonyl (C=O) groups is 1. The van der Waals surface area contributed by atoms with Crippen LogP contribution in [0.2, 0.25) is 0 Å². The Kier molecular flexibility index (Phi) is 5.80. The molecular formula is C11H19N5O3. The number of aromatic nitrogens is 2. The topological polar surface area (TPSA) is 125 Å². The van der Waals surface area contributed by atoms with Gasteiger partial charge in [0, 0.05) is 6.54 Å². The minimum atomic E-state index is -0.505. The van der Waals surface area contributed by atoms with E-state index in [0.29, 0.717) is 30.5 Å². The fourth-order valence-electron chi connectivity index (χ4n) is 1.25. The average Bonchev–Trinajstić information content (AvgIpc) is 2.32. The molecule has 0 aliphatic carbocycles. The number of hydrogen-bond acceptors (Lipinski definition) is 7. The van der Waals surface area contributed by atoms with E-state index in [-0.39, 0.29) is 12.7 Å². The lowest BCUT2D eigenvalue weighted by Crippen LogP contribution is -2.21. The number of nitrogens with one attached hydrogen (secondary N) is 1. The Balaban J connectivity index is 2.47. The van der Waals surface area contributed by atoms with Crippen LogP contribution in [0.1, 0.15) is 13.8 Å². The van der Waals surface area contributed by atoms with E-state index in [4.69, 9.17) is 20.9 Å². The predicted molar refractivity (Wildman–Crippen MR) is 70.7 cm³/mol. The molecule has 0 fully saturated rings. The van der Waals surface area contributed by atoms with Crippen LogP contribution >= 0.6 is 0 Å². The molecule has 0 bridgehead atoms. The van der Waals surface area contributed by atoms with Crippen LogP contribution in [-0.2, 0) is 9.53 Å². The van der Waals surface area contributed by atoms with Gasteiger partial charge in [-0.25, -0.2) is 4.98 Å². The smallest absolute Gasteiger partial charge is 0.243 e. The first-order valence-electron chi connectivity index (χ1n) is 5.87. The van der Waals surface area contributed by atoms with Crippen molar-refractivity contribution in [1.29, 1.82) is 0 Å². The zero-order chi connectivity index (χ0) is 14.3. The summed E-state index contributed by atoms with van der Waals surface area (Å²) < 4.78 is 10.4. The summed E-state index contributed by atoms with van der Waals surface area (Å²) in [4.78, 5) is 18.4. The van der Waals surface area contributed by atoms with Gasteiger partial charge in [-0.1, -0.05) is 0 Å². The van der Waals surface area contributed by atoms with Gasteiger partial charge < -0.3 is 26.3 Å². The number of nitrogens with two attached hydrogens (primary N) is 2. The second-order valence-corrected chi connectivity index (χ2v) is 4.05. The molecule has 19 heavy (non-hydrogen) atoms. The summed E-state index contributed by atoms with van der Waals surface area (Å²) >= 11 is 0. The highest BCUT2D eigenvalue weighted by Gasteiger charge is 2.10. The van der Waals surface area contributed by atoms with E-state index < -0.39 is 5.91 Å². The van der Waals surface area contributed by atoms with Crippen LogP contribution in [-0.4, -0.2) is 41.7 Å². The number of ether oxygens (including phenoxy) is 2. The Labute approximate surface area is 111 Å². The molecule has 1 aromatic rings. The van der Waals surface area contributed by atoms with E-state index in [1.807, 2.05) is 13.8 Å². The zero-order valence-electron chi connectivity index (χ0n) is 11.0. The third kappa shape index (κ3) is 5.38. The van der Waals surface area contributed by atoms with Crippen molar-refractivity contribution in [3.8, 4) is 5.88 Å². The molecule has 8 nitrogen and oxygen atoms in total. The van der Waals surface area contributed by atoms with Crippen molar-refractivity contribution in [2.24, 2.45) is 5.73 Å². The first kappa shape index (κ1) is 15.0.